The molecule has 35 heavy (non-hydrogen) atoms. The maximum atomic E-state index is 13.8. The SMILES string of the molecule is O=C(CN1CCN(Cc2ccccc2)CC1)c1nn2c(C(F)(F)F)cc(-c3ccco3)nc2c1Cl. The number of ketones is 1. The van der Waals surface area contributed by atoms with Gasteiger partial charge in [-0.05, 0) is 23.8 Å². The normalized spacial score (nSPS) is 15.7. The lowest BCUT2D eigenvalue weighted by Gasteiger charge is -2.34. The van der Waals surface area contributed by atoms with Crippen LogP contribution in [0.25, 0.3) is 17.1 Å². The summed E-state index contributed by atoms with van der Waals surface area (Å²) in [6.07, 6.45) is -3.41. The smallest absolute Gasteiger partial charge is 0.433 e. The van der Waals surface area contributed by atoms with Gasteiger partial charge in [0.1, 0.15) is 10.7 Å². The van der Waals surface area contributed by atoms with Crippen LogP contribution in [-0.2, 0) is 12.7 Å². The molecule has 0 amide bonds. The Labute approximate surface area is 203 Å². The van der Waals surface area contributed by atoms with Crippen molar-refractivity contribution < 1.29 is 22.4 Å². The quantitative estimate of drug-likeness (QED) is 0.356. The molecule has 7 nitrogen and oxygen atoms in total. The van der Waals surface area contributed by atoms with Crippen molar-refractivity contribution >= 4 is 23.0 Å². The van der Waals surface area contributed by atoms with Gasteiger partial charge in [0.25, 0.3) is 0 Å². The minimum Gasteiger partial charge on any atom is -0.463 e. The van der Waals surface area contributed by atoms with Crippen LogP contribution in [0.4, 0.5) is 13.2 Å². The Morgan fingerprint density at radius 1 is 1.03 bits per heavy atom. The number of nitrogens with zero attached hydrogens (tertiary/aromatic N) is 5. The fraction of sp³-hybridized carbons (Fsp3) is 0.292. The molecule has 3 aromatic heterocycles. The molecular formula is C24H21ClF3N5O2. The third kappa shape index (κ3) is 4.95. The zero-order valence-corrected chi connectivity index (χ0v) is 19.3. The van der Waals surface area contributed by atoms with E-state index in [4.69, 9.17) is 16.0 Å². The van der Waals surface area contributed by atoms with E-state index in [0.29, 0.717) is 17.6 Å². The standard InChI is InChI=1S/C24H21ClF3N5O2/c25-21-22(18(34)15-32-10-8-31(9-11-32)14-16-5-2-1-3-6-16)30-33-20(24(26,27)28)13-17(29-23(21)33)19-7-4-12-35-19/h1-7,12-13H,8-11,14-15H2. The summed E-state index contributed by atoms with van der Waals surface area (Å²) in [4.78, 5) is 21.5. The molecular weight excluding hydrogens is 483 g/mol. The summed E-state index contributed by atoms with van der Waals surface area (Å²) in [5.41, 5.74) is -0.401. The van der Waals surface area contributed by atoms with E-state index >= 15 is 0 Å². The Kier molecular flexibility index (Phi) is 6.35. The number of alkyl halides is 3. The molecule has 4 heterocycles. The molecule has 0 atom stereocenters. The molecule has 0 N–H and O–H groups in total. The highest BCUT2D eigenvalue weighted by Crippen LogP contribution is 2.34. The number of hydrogen-bond donors (Lipinski definition) is 0. The van der Waals surface area contributed by atoms with Crippen LogP contribution >= 0.6 is 11.6 Å². The highest BCUT2D eigenvalue weighted by Gasteiger charge is 2.37. The van der Waals surface area contributed by atoms with Crippen molar-refractivity contribution in [3.05, 3.63) is 76.8 Å². The van der Waals surface area contributed by atoms with Crippen molar-refractivity contribution in [3.63, 3.8) is 0 Å². The summed E-state index contributed by atoms with van der Waals surface area (Å²) < 4.78 is 47.1. The van der Waals surface area contributed by atoms with Crippen LogP contribution in [0.5, 0.6) is 0 Å². The predicted octanol–water partition coefficient (Wildman–Crippen LogP) is 4.66. The lowest BCUT2D eigenvalue weighted by molar-refractivity contribution is -0.142. The summed E-state index contributed by atoms with van der Waals surface area (Å²) in [5, 5.41) is 3.71. The molecule has 1 aliphatic rings. The maximum absolute atomic E-state index is 13.8. The first-order chi connectivity index (χ1) is 16.8. The average molecular weight is 504 g/mol. The minimum atomic E-state index is -4.74. The van der Waals surface area contributed by atoms with E-state index in [1.807, 2.05) is 23.1 Å². The van der Waals surface area contributed by atoms with Crippen molar-refractivity contribution in [1.29, 1.82) is 0 Å². The Balaban J connectivity index is 1.34. The highest BCUT2D eigenvalue weighted by atomic mass is 35.5. The van der Waals surface area contributed by atoms with Gasteiger partial charge in [-0.3, -0.25) is 14.6 Å². The van der Waals surface area contributed by atoms with E-state index in [1.165, 1.54) is 17.9 Å². The lowest BCUT2D eigenvalue weighted by Crippen LogP contribution is -2.47. The van der Waals surface area contributed by atoms with Gasteiger partial charge in [0, 0.05) is 32.7 Å². The van der Waals surface area contributed by atoms with Crippen molar-refractivity contribution in [2.75, 3.05) is 32.7 Å². The first kappa shape index (κ1) is 23.5. The van der Waals surface area contributed by atoms with Gasteiger partial charge in [-0.1, -0.05) is 41.9 Å². The van der Waals surface area contributed by atoms with Gasteiger partial charge in [0.05, 0.1) is 12.8 Å². The topological polar surface area (TPSA) is 66.9 Å². The third-order valence-corrected chi connectivity index (χ3v) is 6.29. The van der Waals surface area contributed by atoms with E-state index in [1.54, 1.807) is 6.07 Å². The second-order valence-corrected chi connectivity index (χ2v) is 8.74. The van der Waals surface area contributed by atoms with Gasteiger partial charge >= 0.3 is 6.18 Å². The number of carbonyl (C=O) groups excluding carboxylic acids is 1. The summed E-state index contributed by atoms with van der Waals surface area (Å²) in [6, 6.07) is 14.0. The largest absolute Gasteiger partial charge is 0.463 e. The molecule has 0 spiro atoms. The van der Waals surface area contributed by atoms with E-state index in [0.717, 1.165) is 25.7 Å². The van der Waals surface area contributed by atoms with E-state index < -0.39 is 17.7 Å². The van der Waals surface area contributed by atoms with Crippen molar-refractivity contribution in [2.24, 2.45) is 0 Å². The first-order valence-electron chi connectivity index (χ1n) is 11.0. The number of piperazine rings is 1. The molecule has 4 aromatic rings. The molecule has 0 radical (unpaired) electrons. The molecule has 5 rings (SSSR count). The number of aromatic nitrogens is 3. The van der Waals surface area contributed by atoms with Crippen LogP contribution in [0, 0.1) is 0 Å². The number of benzene rings is 1. The van der Waals surface area contributed by atoms with Crippen LogP contribution in [-0.4, -0.2) is 62.9 Å². The number of carbonyl (C=O) groups is 1. The predicted molar refractivity (Wildman–Crippen MR) is 123 cm³/mol. The van der Waals surface area contributed by atoms with Gasteiger partial charge in [0.2, 0.25) is 0 Å². The van der Waals surface area contributed by atoms with E-state index in [9.17, 15) is 18.0 Å². The Morgan fingerprint density at radius 2 is 1.74 bits per heavy atom. The van der Waals surface area contributed by atoms with Gasteiger partial charge in [-0.25, -0.2) is 9.50 Å². The molecule has 1 aromatic carbocycles. The molecule has 0 saturated carbocycles. The summed E-state index contributed by atoms with van der Waals surface area (Å²) in [7, 11) is 0. The van der Waals surface area contributed by atoms with Crippen LogP contribution in [0.15, 0.2) is 59.2 Å². The van der Waals surface area contributed by atoms with Crippen LogP contribution in [0.3, 0.4) is 0 Å². The molecule has 11 heteroatoms. The number of hydrogen-bond acceptors (Lipinski definition) is 6. The van der Waals surface area contributed by atoms with E-state index in [2.05, 4.69) is 27.1 Å². The second kappa shape index (κ2) is 9.44. The maximum Gasteiger partial charge on any atom is 0.433 e. The molecule has 182 valence electrons. The van der Waals surface area contributed by atoms with Gasteiger partial charge in [0.15, 0.2) is 28.6 Å². The highest BCUT2D eigenvalue weighted by molar-refractivity contribution is 6.36. The third-order valence-electron chi connectivity index (χ3n) is 5.94. The van der Waals surface area contributed by atoms with E-state index in [-0.39, 0.29) is 34.4 Å². The summed E-state index contributed by atoms with van der Waals surface area (Å²) in [5.74, 6) is -0.304. The minimum absolute atomic E-state index is 0.00910. The molecule has 0 aliphatic carbocycles. The second-order valence-electron chi connectivity index (χ2n) is 8.36. The molecule has 1 aliphatic heterocycles. The summed E-state index contributed by atoms with van der Waals surface area (Å²) >= 11 is 6.35. The van der Waals surface area contributed by atoms with Crippen molar-refractivity contribution in [3.8, 4) is 11.5 Å². The zero-order chi connectivity index (χ0) is 24.6. The van der Waals surface area contributed by atoms with Crippen LogP contribution < -0.4 is 0 Å². The van der Waals surface area contributed by atoms with Crippen molar-refractivity contribution in [1.82, 2.24) is 24.4 Å². The fourth-order valence-corrected chi connectivity index (χ4v) is 4.41. The number of fused-ring (bicyclic) bond motifs is 1. The molecule has 1 saturated heterocycles. The number of halogens is 4. The van der Waals surface area contributed by atoms with Gasteiger partial charge in [-0.15, -0.1) is 0 Å². The summed E-state index contributed by atoms with van der Waals surface area (Å²) in [6.45, 7) is 3.68. The Bertz CT molecular complexity index is 1330. The molecule has 1 fully saturated rings. The number of Topliss-reactive ketones (excluding diaryl/α,β-unsaturated/α-hetero) is 1. The first-order valence-corrected chi connectivity index (χ1v) is 11.4. The lowest BCUT2D eigenvalue weighted by atomic mass is 10.2. The number of furan rings is 1. The number of rotatable bonds is 6. The monoisotopic (exact) mass is 503 g/mol. The zero-order valence-electron chi connectivity index (χ0n) is 18.5. The van der Waals surface area contributed by atoms with Crippen molar-refractivity contribution in [2.45, 2.75) is 12.7 Å². The van der Waals surface area contributed by atoms with Crippen LogP contribution in [0.2, 0.25) is 5.02 Å². The van der Waals surface area contributed by atoms with Gasteiger partial charge < -0.3 is 4.42 Å². The molecule has 0 unspecified atom stereocenters. The Morgan fingerprint density at radius 3 is 2.40 bits per heavy atom. The Hall–Kier alpha value is -3.21. The van der Waals surface area contributed by atoms with Crippen LogP contribution in [0.1, 0.15) is 21.7 Å². The van der Waals surface area contributed by atoms with Gasteiger partial charge in [-0.2, -0.15) is 18.3 Å². The average Bonchev–Trinajstić information content (AvgIpc) is 3.48. The fourth-order valence-electron chi connectivity index (χ4n) is 4.15. The molecule has 0 bridgehead atoms.